The van der Waals surface area contributed by atoms with Crippen molar-refractivity contribution in [1.82, 2.24) is 19.6 Å². The lowest BCUT2D eigenvalue weighted by molar-refractivity contribution is -0.386. The summed E-state index contributed by atoms with van der Waals surface area (Å²) in [5.41, 5.74) is 2.03. The highest BCUT2D eigenvalue weighted by Crippen LogP contribution is 2.26. The van der Waals surface area contributed by atoms with Crippen molar-refractivity contribution < 1.29 is 9.72 Å². The molecule has 1 aromatic carbocycles. The number of amides is 1. The van der Waals surface area contributed by atoms with Gasteiger partial charge in [-0.15, -0.1) is 0 Å². The highest BCUT2D eigenvalue weighted by atomic mass is 35.5. The maximum Gasteiger partial charge on any atom is 0.312 e. The maximum atomic E-state index is 12.4. The molecule has 0 aliphatic rings. The molecule has 152 valence electrons. The van der Waals surface area contributed by atoms with Gasteiger partial charge in [-0.3, -0.25) is 24.3 Å². The van der Waals surface area contributed by atoms with Crippen molar-refractivity contribution in [2.75, 3.05) is 5.32 Å². The zero-order valence-corrected chi connectivity index (χ0v) is 17.5. The Bertz CT molecular complexity index is 1090. The minimum atomic E-state index is -0.503. The van der Waals surface area contributed by atoms with E-state index in [0.29, 0.717) is 28.1 Å². The number of aromatic nitrogens is 4. The summed E-state index contributed by atoms with van der Waals surface area (Å²) >= 11 is 12.4. The molecule has 2 aromatic heterocycles. The van der Waals surface area contributed by atoms with Crippen molar-refractivity contribution in [2.45, 2.75) is 33.9 Å². The van der Waals surface area contributed by atoms with Gasteiger partial charge in [0.25, 0.3) is 0 Å². The number of carbonyl (C=O) groups is 1. The topological polar surface area (TPSA) is 108 Å². The van der Waals surface area contributed by atoms with Crippen LogP contribution in [0.1, 0.15) is 22.6 Å². The summed E-state index contributed by atoms with van der Waals surface area (Å²) in [6.45, 7) is 5.12. The molecule has 0 fully saturated rings. The molecule has 29 heavy (non-hydrogen) atoms. The average molecular weight is 437 g/mol. The van der Waals surface area contributed by atoms with Gasteiger partial charge in [-0.1, -0.05) is 29.3 Å². The molecule has 0 saturated heterocycles. The van der Waals surface area contributed by atoms with Gasteiger partial charge in [0, 0.05) is 27.4 Å². The van der Waals surface area contributed by atoms with Gasteiger partial charge in [-0.05, 0) is 32.9 Å². The number of hydrogen-bond acceptors (Lipinski definition) is 5. The Kier molecular flexibility index (Phi) is 5.90. The Balaban J connectivity index is 1.73. The van der Waals surface area contributed by atoms with Gasteiger partial charge in [-0.25, -0.2) is 0 Å². The zero-order valence-electron chi connectivity index (χ0n) is 15.9. The van der Waals surface area contributed by atoms with E-state index in [1.165, 1.54) is 11.6 Å². The molecule has 0 aliphatic heterocycles. The predicted octanol–water partition coefficient (Wildman–Crippen LogP) is 3.91. The molecule has 3 aromatic rings. The standard InChI is InChI=1S/C18H18Cl2N6O3/c1-10-7-16(23-24(10)8-13-14(19)5-4-6-15(13)20)21-17(27)9-25-12(3)18(26(28)29)11(2)22-25/h4-7H,8-9H2,1-3H3,(H,21,23,27). The summed E-state index contributed by atoms with van der Waals surface area (Å²) in [5.74, 6) is -0.0439. The van der Waals surface area contributed by atoms with Gasteiger partial charge in [0.1, 0.15) is 17.9 Å². The average Bonchev–Trinajstić information content (AvgIpc) is 3.09. The van der Waals surface area contributed by atoms with Crippen LogP contribution in [0.15, 0.2) is 24.3 Å². The Morgan fingerprint density at radius 1 is 1.17 bits per heavy atom. The largest absolute Gasteiger partial charge is 0.312 e. The van der Waals surface area contributed by atoms with E-state index in [0.717, 1.165) is 11.3 Å². The Hall–Kier alpha value is -2.91. The summed E-state index contributed by atoms with van der Waals surface area (Å²) in [6, 6.07) is 6.97. The van der Waals surface area contributed by atoms with Crippen molar-refractivity contribution in [2.24, 2.45) is 0 Å². The maximum absolute atomic E-state index is 12.4. The molecule has 0 aliphatic carbocycles. The fourth-order valence-electron chi connectivity index (χ4n) is 2.99. The zero-order chi connectivity index (χ0) is 21.3. The van der Waals surface area contributed by atoms with Crippen LogP contribution in [0.2, 0.25) is 10.0 Å². The first-order valence-corrected chi connectivity index (χ1v) is 9.38. The van der Waals surface area contributed by atoms with Crippen molar-refractivity contribution in [3.05, 3.63) is 67.1 Å². The van der Waals surface area contributed by atoms with Crippen LogP contribution in [0.4, 0.5) is 11.5 Å². The molecule has 0 saturated carbocycles. The highest BCUT2D eigenvalue weighted by molar-refractivity contribution is 6.35. The molecule has 0 atom stereocenters. The molecule has 3 rings (SSSR count). The fourth-order valence-corrected chi connectivity index (χ4v) is 3.51. The van der Waals surface area contributed by atoms with E-state index in [1.807, 2.05) is 6.92 Å². The molecule has 11 heteroatoms. The van der Waals surface area contributed by atoms with E-state index >= 15 is 0 Å². The third kappa shape index (κ3) is 4.41. The number of nitro groups is 1. The van der Waals surface area contributed by atoms with Crippen LogP contribution >= 0.6 is 23.2 Å². The second-order valence-corrected chi connectivity index (χ2v) is 7.33. The minimum Gasteiger partial charge on any atom is -0.308 e. The lowest BCUT2D eigenvalue weighted by Gasteiger charge is -2.08. The predicted molar refractivity (Wildman–Crippen MR) is 110 cm³/mol. The molecule has 0 bridgehead atoms. The summed E-state index contributed by atoms with van der Waals surface area (Å²) in [5, 5.41) is 23.3. The highest BCUT2D eigenvalue weighted by Gasteiger charge is 2.23. The second kappa shape index (κ2) is 8.22. The van der Waals surface area contributed by atoms with Gasteiger partial charge >= 0.3 is 5.69 Å². The molecule has 2 heterocycles. The first-order valence-electron chi connectivity index (χ1n) is 8.63. The SMILES string of the molecule is Cc1nn(CC(=O)Nc2cc(C)n(Cc3c(Cl)cccc3Cl)n2)c(C)c1[N+](=O)[O-]. The summed E-state index contributed by atoms with van der Waals surface area (Å²) < 4.78 is 2.98. The van der Waals surface area contributed by atoms with Crippen LogP contribution < -0.4 is 5.32 Å². The van der Waals surface area contributed by atoms with Crippen LogP contribution in [0.5, 0.6) is 0 Å². The first kappa shape index (κ1) is 20.8. The quantitative estimate of drug-likeness (QED) is 0.465. The number of carbonyl (C=O) groups excluding carboxylic acids is 1. The third-order valence-electron chi connectivity index (χ3n) is 4.44. The number of rotatable bonds is 6. The van der Waals surface area contributed by atoms with E-state index in [4.69, 9.17) is 23.2 Å². The number of halogens is 2. The van der Waals surface area contributed by atoms with E-state index < -0.39 is 10.8 Å². The monoisotopic (exact) mass is 436 g/mol. The summed E-state index contributed by atoms with van der Waals surface area (Å²) in [4.78, 5) is 23.0. The molecule has 1 amide bonds. The molecule has 0 unspecified atom stereocenters. The third-order valence-corrected chi connectivity index (χ3v) is 5.15. The van der Waals surface area contributed by atoms with E-state index in [1.54, 1.807) is 35.9 Å². The number of anilines is 1. The van der Waals surface area contributed by atoms with Crippen molar-refractivity contribution in [1.29, 1.82) is 0 Å². The van der Waals surface area contributed by atoms with Crippen LogP contribution in [-0.4, -0.2) is 30.4 Å². The second-order valence-electron chi connectivity index (χ2n) is 6.51. The van der Waals surface area contributed by atoms with Crippen LogP contribution in [0, 0.1) is 30.9 Å². The molecular formula is C18H18Cl2N6O3. The first-order chi connectivity index (χ1) is 13.7. The van der Waals surface area contributed by atoms with Crippen LogP contribution in [0.3, 0.4) is 0 Å². The number of benzene rings is 1. The number of nitrogens with zero attached hydrogens (tertiary/aromatic N) is 5. The lowest BCUT2D eigenvalue weighted by atomic mass is 10.2. The van der Waals surface area contributed by atoms with Gasteiger partial charge in [-0.2, -0.15) is 10.2 Å². The van der Waals surface area contributed by atoms with E-state index in [-0.39, 0.29) is 17.9 Å². The number of hydrogen-bond donors (Lipinski definition) is 1. The summed E-state index contributed by atoms with van der Waals surface area (Å²) in [7, 11) is 0. The molecular weight excluding hydrogens is 419 g/mol. The van der Waals surface area contributed by atoms with Crippen LogP contribution in [-0.2, 0) is 17.9 Å². The number of aryl methyl sites for hydroxylation is 2. The molecule has 9 nitrogen and oxygen atoms in total. The lowest BCUT2D eigenvalue weighted by Crippen LogP contribution is -2.20. The smallest absolute Gasteiger partial charge is 0.308 e. The van der Waals surface area contributed by atoms with Crippen molar-refractivity contribution in [3.8, 4) is 0 Å². The van der Waals surface area contributed by atoms with E-state index in [9.17, 15) is 14.9 Å². The molecule has 1 N–H and O–H groups in total. The van der Waals surface area contributed by atoms with Gasteiger partial charge in [0.2, 0.25) is 5.91 Å². The van der Waals surface area contributed by atoms with Crippen LogP contribution in [0.25, 0.3) is 0 Å². The Morgan fingerprint density at radius 3 is 2.41 bits per heavy atom. The molecule has 0 spiro atoms. The molecule has 0 radical (unpaired) electrons. The van der Waals surface area contributed by atoms with Gasteiger partial charge in [0.05, 0.1) is 11.5 Å². The number of nitrogens with one attached hydrogen (secondary N) is 1. The van der Waals surface area contributed by atoms with Crippen molar-refractivity contribution >= 4 is 40.6 Å². The fraction of sp³-hybridized carbons (Fsp3) is 0.278. The van der Waals surface area contributed by atoms with Crippen molar-refractivity contribution in [3.63, 3.8) is 0 Å². The Morgan fingerprint density at radius 2 is 1.83 bits per heavy atom. The normalized spacial score (nSPS) is 10.9. The van der Waals surface area contributed by atoms with Gasteiger partial charge < -0.3 is 5.32 Å². The Labute approximate surface area is 176 Å². The van der Waals surface area contributed by atoms with Gasteiger partial charge in [0.15, 0.2) is 5.82 Å². The summed E-state index contributed by atoms with van der Waals surface area (Å²) in [6.07, 6.45) is 0. The van der Waals surface area contributed by atoms with E-state index in [2.05, 4.69) is 15.5 Å². The minimum absolute atomic E-state index is 0.0884.